The molecule has 0 fully saturated rings. The van der Waals surface area contributed by atoms with Gasteiger partial charge in [-0.15, -0.1) is 0 Å². The largest absolute Gasteiger partial charge is 2.00 e. The fourth-order valence-corrected chi connectivity index (χ4v) is 1.72. The normalized spacial score (nSPS) is 8.28. The van der Waals surface area contributed by atoms with Gasteiger partial charge in [-0.25, -0.2) is 0 Å². The second-order valence-electron chi connectivity index (χ2n) is 4.96. The van der Waals surface area contributed by atoms with Crippen molar-refractivity contribution in [2.24, 2.45) is 0 Å². The predicted molar refractivity (Wildman–Crippen MR) is 98.1 cm³/mol. The van der Waals surface area contributed by atoms with Crippen LogP contribution in [0.1, 0.15) is 31.1 Å². The van der Waals surface area contributed by atoms with Crippen LogP contribution in [-0.2, 0) is 0 Å². The Morgan fingerprint density at radius 3 is 0.724 bits per heavy atom. The predicted octanol–water partition coefficient (Wildman–Crippen LogP) is -3.23. The van der Waals surface area contributed by atoms with Crippen LogP contribution in [-0.4, -0.2) is 55.6 Å². The van der Waals surface area contributed by atoms with E-state index >= 15 is 0 Å². The topological polar surface area (TPSA) is 120 Å². The molecule has 0 N–H and O–H groups in total. The van der Waals surface area contributed by atoms with E-state index in [-0.39, 0.29) is 84.0 Å². The Hall–Kier alpha value is -1.67. The van der Waals surface area contributed by atoms with Crippen LogP contribution in [0.25, 0.3) is 0 Å². The standard InChI is InChI=1S/3C7H6O2.Ca.Na/c3*8-7(9)6-4-2-1-3-5-6;;/h3*1-5H,(H,8,9);;/q;;;+2;+1/p-3. The molecule has 29 heavy (non-hydrogen) atoms. The average Bonchev–Trinajstić information content (AvgIpc) is 2.71. The monoisotopic (exact) mass is 426 g/mol. The summed E-state index contributed by atoms with van der Waals surface area (Å²) in [6.45, 7) is 0. The molecule has 0 bridgehead atoms. The first-order valence-corrected chi connectivity index (χ1v) is 7.71. The molecule has 0 atom stereocenters. The summed E-state index contributed by atoms with van der Waals surface area (Å²) in [4.78, 5) is 30.3. The van der Waals surface area contributed by atoms with Gasteiger partial charge < -0.3 is 29.7 Å². The zero-order chi connectivity index (χ0) is 20.1. The van der Waals surface area contributed by atoms with E-state index in [1.807, 2.05) is 0 Å². The summed E-state index contributed by atoms with van der Waals surface area (Å²) in [5.41, 5.74) is 0.660. The Bertz CT molecular complexity index is 740. The van der Waals surface area contributed by atoms with E-state index in [9.17, 15) is 29.7 Å². The minimum absolute atomic E-state index is 0. The van der Waals surface area contributed by atoms with Crippen molar-refractivity contribution in [1.29, 1.82) is 0 Å². The molecule has 8 heteroatoms. The summed E-state index contributed by atoms with van der Waals surface area (Å²) in [6.07, 6.45) is 0. The van der Waals surface area contributed by atoms with Crippen molar-refractivity contribution in [1.82, 2.24) is 0 Å². The molecule has 0 spiro atoms. The van der Waals surface area contributed by atoms with Crippen molar-refractivity contribution in [3.05, 3.63) is 108 Å². The molecule has 0 heterocycles. The molecule has 0 saturated heterocycles. The fraction of sp³-hybridized carbons (Fsp3) is 0. The molecule has 0 amide bonds. The van der Waals surface area contributed by atoms with Gasteiger partial charge in [0.2, 0.25) is 0 Å². The molecule has 0 aliphatic carbocycles. The Kier molecular flexibility index (Phi) is 17.5. The first kappa shape index (κ1) is 29.5. The first-order chi connectivity index (χ1) is 12.9. The summed E-state index contributed by atoms with van der Waals surface area (Å²) in [7, 11) is 0. The molecule has 0 saturated carbocycles. The molecular formula is C21H15CaNaO6. The average molecular weight is 426 g/mol. The number of aromatic carboxylic acids is 3. The van der Waals surface area contributed by atoms with Crippen molar-refractivity contribution >= 4 is 55.6 Å². The van der Waals surface area contributed by atoms with E-state index in [0.29, 0.717) is 0 Å². The van der Waals surface area contributed by atoms with E-state index in [0.717, 1.165) is 0 Å². The van der Waals surface area contributed by atoms with E-state index < -0.39 is 17.9 Å². The number of carbonyl (C=O) groups excluding carboxylic acids is 3. The van der Waals surface area contributed by atoms with Crippen LogP contribution in [0.3, 0.4) is 0 Å². The smallest absolute Gasteiger partial charge is 0.545 e. The maximum absolute atomic E-state index is 10.1. The Morgan fingerprint density at radius 1 is 0.448 bits per heavy atom. The van der Waals surface area contributed by atoms with Gasteiger partial charge in [0.15, 0.2) is 0 Å². The molecule has 138 valence electrons. The van der Waals surface area contributed by atoms with E-state index in [2.05, 4.69) is 0 Å². The number of hydrogen-bond acceptors (Lipinski definition) is 6. The molecule has 0 radical (unpaired) electrons. The quantitative estimate of drug-likeness (QED) is 0.406. The van der Waals surface area contributed by atoms with Crippen molar-refractivity contribution in [3.63, 3.8) is 0 Å². The number of carboxylic acid groups (broad SMARTS) is 3. The SMILES string of the molecule is O=C([O-])c1ccccc1.O=C([O-])c1ccccc1.O=C([O-])c1ccccc1.[Ca+2].[Na+]. The maximum Gasteiger partial charge on any atom is 2.00 e. The second-order valence-corrected chi connectivity index (χ2v) is 4.96. The second kappa shape index (κ2) is 17.2. The summed E-state index contributed by atoms with van der Waals surface area (Å²) in [5, 5.41) is 30.3. The number of carbonyl (C=O) groups is 3. The van der Waals surface area contributed by atoms with Crippen molar-refractivity contribution in [2.75, 3.05) is 0 Å². The maximum atomic E-state index is 10.1. The van der Waals surface area contributed by atoms with Crippen molar-refractivity contribution in [3.8, 4) is 0 Å². The summed E-state index contributed by atoms with van der Waals surface area (Å²) in [5.74, 6) is -3.39. The molecule has 0 unspecified atom stereocenters. The van der Waals surface area contributed by atoms with Crippen LogP contribution in [0.4, 0.5) is 0 Å². The van der Waals surface area contributed by atoms with Crippen LogP contribution in [0.2, 0.25) is 0 Å². The van der Waals surface area contributed by atoms with E-state index in [1.165, 1.54) is 36.4 Å². The van der Waals surface area contributed by atoms with Gasteiger partial charge in [0, 0.05) is 0 Å². The van der Waals surface area contributed by atoms with Crippen molar-refractivity contribution in [2.45, 2.75) is 0 Å². The van der Waals surface area contributed by atoms with Crippen LogP contribution in [0.15, 0.2) is 91.0 Å². The minimum atomic E-state index is -1.13. The summed E-state index contributed by atoms with van der Waals surface area (Å²) < 4.78 is 0. The number of rotatable bonds is 3. The molecule has 3 aromatic carbocycles. The molecule has 0 aliphatic heterocycles. The minimum Gasteiger partial charge on any atom is -0.545 e. The molecule has 0 aromatic heterocycles. The van der Waals surface area contributed by atoms with Gasteiger partial charge in [-0.2, -0.15) is 0 Å². The summed E-state index contributed by atoms with van der Waals surface area (Å²) >= 11 is 0. The van der Waals surface area contributed by atoms with Gasteiger partial charge in [0.25, 0.3) is 0 Å². The van der Waals surface area contributed by atoms with Crippen LogP contribution < -0.4 is 44.9 Å². The third-order valence-electron chi connectivity index (χ3n) is 3.03. The Labute approximate surface area is 220 Å². The summed E-state index contributed by atoms with van der Waals surface area (Å²) in [6, 6.07) is 24.2. The first-order valence-electron chi connectivity index (χ1n) is 7.71. The van der Waals surface area contributed by atoms with E-state index in [4.69, 9.17) is 0 Å². The van der Waals surface area contributed by atoms with Crippen LogP contribution in [0.5, 0.6) is 0 Å². The number of carboxylic acids is 3. The molecular weight excluding hydrogens is 411 g/mol. The van der Waals surface area contributed by atoms with Gasteiger partial charge in [-0.1, -0.05) is 91.0 Å². The molecule has 3 rings (SSSR count). The third-order valence-corrected chi connectivity index (χ3v) is 3.03. The van der Waals surface area contributed by atoms with Crippen molar-refractivity contribution < 1.29 is 59.3 Å². The van der Waals surface area contributed by atoms with Gasteiger partial charge in [0.05, 0.1) is 17.9 Å². The third kappa shape index (κ3) is 13.2. The van der Waals surface area contributed by atoms with Gasteiger partial charge in [-0.05, 0) is 16.7 Å². The zero-order valence-corrected chi connectivity index (χ0v) is 20.0. The molecule has 3 aromatic rings. The number of benzene rings is 3. The van der Waals surface area contributed by atoms with Gasteiger partial charge >= 0.3 is 67.3 Å². The Morgan fingerprint density at radius 2 is 0.621 bits per heavy atom. The zero-order valence-electron chi connectivity index (χ0n) is 15.8. The van der Waals surface area contributed by atoms with E-state index in [1.54, 1.807) is 54.6 Å². The molecule has 6 nitrogen and oxygen atoms in total. The van der Waals surface area contributed by atoms with Crippen LogP contribution in [0, 0.1) is 0 Å². The van der Waals surface area contributed by atoms with Gasteiger partial charge in [-0.3, -0.25) is 0 Å². The van der Waals surface area contributed by atoms with Gasteiger partial charge in [0.1, 0.15) is 0 Å². The van der Waals surface area contributed by atoms with Crippen LogP contribution >= 0.6 is 0 Å². The Balaban J connectivity index is 0. The molecule has 0 aliphatic rings. The fourth-order valence-electron chi connectivity index (χ4n) is 1.72. The number of hydrogen-bond donors (Lipinski definition) is 0.